The van der Waals surface area contributed by atoms with Crippen molar-refractivity contribution in [3.63, 3.8) is 0 Å². The molecular formula is C15H15ClN2O4S. The summed E-state index contributed by atoms with van der Waals surface area (Å²) in [6, 6.07) is 7.47. The van der Waals surface area contributed by atoms with Crippen LogP contribution in [0.15, 0.2) is 58.6 Å². The molecule has 0 radical (unpaired) electrons. The fraction of sp³-hybridized carbons (Fsp3) is 0.133. The molecule has 122 valence electrons. The highest BCUT2D eigenvalue weighted by Gasteiger charge is 2.19. The second kappa shape index (κ2) is 7.45. The predicted molar refractivity (Wildman–Crippen MR) is 86.7 cm³/mol. The summed E-state index contributed by atoms with van der Waals surface area (Å²) < 4.78 is 31.7. The van der Waals surface area contributed by atoms with Gasteiger partial charge in [0.25, 0.3) is 5.91 Å². The Labute approximate surface area is 139 Å². The fourth-order valence-electron chi connectivity index (χ4n) is 1.78. The lowest BCUT2D eigenvalue weighted by Crippen LogP contribution is -2.26. The van der Waals surface area contributed by atoms with E-state index in [2.05, 4.69) is 16.6 Å². The predicted octanol–water partition coefficient (Wildman–Crippen LogP) is 2.33. The lowest BCUT2D eigenvalue weighted by molar-refractivity contribution is 0.0948. The molecule has 0 fully saturated rings. The highest BCUT2D eigenvalue weighted by Crippen LogP contribution is 2.22. The fourth-order valence-corrected chi connectivity index (χ4v) is 3.30. The molecule has 1 amide bonds. The molecule has 23 heavy (non-hydrogen) atoms. The molecule has 0 aliphatic carbocycles. The molecule has 0 saturated heterocycles. The lowest BCUT2D eigenvalue weighted by atomic mass is 10.2. The van der Waals surface area contributed by atoms with Crippen LogP contribution >= 0.6 is 11.6 Å². The summed E-state index contributed by atoms with van der Waals surface area (Å²) in [6.07, 6.45) is 2.91. The van der Waals surface area contributed by atoms with Crippen molar-refractivity contribution in [2.75, 3.05) is 6.54 Å². The first kappa shape index (κ1) is 17.3. The van der Waals surface area contributed by atoms with Crippen molar-refractivity contribution >= 4 is 27.5 Å². The molecule has 1 aromatic carbocycles. The first-order chi connectivity index (χ1) is 10.9. The first-order valence-electron chi connectivity index (χ1n) is 6.65. The van der Waals surface area contributed by atoms with Crippen LogP contribution in [0.4, 0.5) is 0 Å². The average Bonchev–Trinajstić information content (AvgIpc) is 3.04. The number of benzene rings is 1. The molecule has 0 aliphatic heterocycles. The van der Waals surface area contributed by atoms with E-state index in [1.54, 1.807) is 12.1 Å². The van der Waals surface area contributed by atoms with Crippen molar-refractivity contribution in [2.24, 2.45) is 0 Å². The van der Waals surface area contributed by atoms with Gasteiger partial charge in [-0.1, -0.05) is 17.7 Å². The average molecular weight is 355 g/mol. The third kappa shape index (κ3) is 4.44. The normalized spacial score (nSPS) is 11.2. The second-order valence-corrected chi connectivity index (χ2v) is 6.69. The van der Waals surface area contributed by atoms with E-state index in [1.165, 1.54) is 30.5 Å². The summed E-state index contributed by atoms with van der Waals surface area (Å²) in [6.45, 7) is 3.70. The molecule has 1 aromatic heterocycles. The van der Waals surface area contributed by atoms with Crippen LogP contribution < -0.4 is 10.0 Å². The number of carbonyl (C=O) groups excluding carboxylic acids is 1. The van der Waals surface area contributed by atoms with E-state index in [9.17, 15) is 13.2 Å². The molecular weight excluding hydrogens is 340 g/mol. The SMILES string of the molecule is C=CCNS(=O)(=O)c1cc(C(=O)NCc2ccco2)ccc1Cl. The Morgan fingerprint density at radius 2 is 2.13 bits per heavy atom. The number of nitrogens with one attached hydrogen (secondary N) is 2. The van der Waals surface area contributed by atoms with Crippen LogP contribution in [-0.2, 0) is 16.6 Å². The highest BCUT2D eigenvalue weighted by molar-refractivity contribution is 7.89. The first-order valence-corrected chi connectivity index (χ1v) is 8.51. The Hall–Kier alpha value is -2.09. The summed E-state index contributed by atoms with van der Waals surface area (Å²) in [7, 11) is -3.82. The maximum Gasteiger partial charge on any atom is 0.251 e. The zero-order chi connectivity index (χ0) is 16.9. The van der Waals surface area contributed by atoms with Gasteiger partial charge >= 0.3 is 0 Å². The van der Waals surface area contributed by atoms with Crippen LogP contribution in [0.25, 0.3) is 0 Å². The number of hydrogen-bond acceptors (Lipinski definition) is 4. The third-order valence-electron chi connectivity index (χ3n) is 2.90. The second-order valence-electron chi connectivity index (χ2n) is 4.55. The molecule has 0 bridgehead atoms. The quantitative estimate of drug-likeness (QED) is 0.747. The Bertz CT molecular complexity index is 801. The third-order valence-corrected chi connectivity index (χ3v) is 4.81. The van der Waals surface area contributed by atoms with E-state index in [1.807, 2.05) is 0 Å². The van der Waals surface area contributed by atoms with Gasteiger partial charge in [-0.15, -0.1) is 6.58 Å². The standard InChI is InChI=1S/C15H15ClN2O4S/c1-2-7-18-23(20,21)14-9-11(5-6-13(14)16)15(19)17-10-12-4-3-8-22-12/h2-6,8-9,18H,1,7,10H2,(H,17,19). The van der Waals surface area contributed by atoms with E-state index in [4.69, 9.17) is 16.0 Å². The molecule has 0 saturated carbocycles. The largest absolute Gasteiger partial charge is 0.467 e. The summed E-state index contributed by atoms with van der Waals surface area (Å²) in [5, 5.41) is 2.67. The number of amides is 1. The van der Waals surface area contributed by atoms with Crippen LogP contribution in [0.1, 0.15) is 16.1 Å². The molecule has 0 atom stereocenters. The van der Waals surface area contributed by atoms with E-state index in [-0.39, 0.29) is 28.6 Å². The number of hydrogen-bond donors (Lipinski definition) is 2. The van der Waals surface area contributed by atoms with Crippen molar-refractivity contribution in [2.45, 2.75) is 11.4 Å². The molecule has 8 heteroatoms. The molecule has 0 unspecified atom stereocenters. The van der Waals surface area contributed by atoms with Gasteiger partial charge in [0.05, 0.1) is 17.8 Å². The topological polar surface area (TPSA) is 88.4 Å². The van der Waals surface area contributed by atoms with Crippen LogP contribution in [-0.4, -0.2) is 20.9 Å². The van der Waals surface area contributed by atoms with Crippen molar-refractivity contribution in [1.82, 2.24) is 10.0 Å². The van der Waals surface area contributed by atoms with E-state index in [0.29, 0.717) is 5.76 Å². The molecule has 2 N–H and O–H groups in total. The van der Waals surface area contributed by atoms with E-state index in [0.717, 1.165) is 0 Å². The molecule has 2 aromatic rings. The Balaban J connectivity index is 2.19. The van der Waals surface area contributed by atoms with Crippen molar-refractivity contribution < 1.29 is 17.6 Å². The van der Waals surface area contributed by atoms with E-state index < -0.39 is 15.9 Å². The van der Waals surface area contributed by atoms with Crippen molar-refractivity contribution in [1.29, 1.82) is 0 Å². The Kier molecular flexibility index (Phi) is 5.59. The van der Waals surface area contributed by atoms with Gasteiger partial charge in [-0.05, 0) is 30.3 Å². The minimum Gasteiger partial charge on any atom is -0.467 e. The zero-order valence-electron chi connectivity index (χ0n) is 12.1. The van der Waals surface area contributed by atoms with Gasteiger partial charge in [-0.25, -0.2) is 13.1 Å². The van der Waals surface area contributed by atoms with Crippen molar-refractivity contribution in [3.05, 3.63) is 65.6 Å². The molecule has 1 heterocycles. The number of carbonyl (C=O) groups is 1. The smallest absolute Gasteiger partial charge is 0.251 e. The summed E-state index contributed by atoms with van der Waals surface area (Å²) >= 11 is 5.93. The van der Waals surface area contributed by atoms with Gasteiger partial charge in [-0.3, -0.25) is 4.79 Å². The number of rotatable bonds is 7. The van der Waals surface area contributed by atoms with Crippen molar-refractivity contribution in [3.8, 4) is 0 Å². The van der Waals surface area contributed by atoms with Gasteiger partial charge in [0.15, 0.2) is 0 Å². The highest BCUT2D eigenvalue weighted by atomic mass is 35.5. The summed E-state index contributed by atoms with van der Waals surface area (Å²) in [5.74, 6) is 0.158. The minimum atomic E-state index is -3.82. The lowest BCUT2D eigenvalue weighted by Gasteiger charge is -2.09. The van der Waals surface area contributed by atoms with Gasteiger partial charge < -0.3 is 9.73 Å². The maximum absolute atomic E-state index is 12.1. The summed E-state index contributed by atoms with van der Waals surface area (Å²) in [5.41, 5.74) is 0.180. The molecule has 6 nitrogen and oxygen atoms in total. The van der Waals surface area contributed by atoms with Gasteiger partial charge in [0.1, 0.15) is 10.7 Å². The molecule has 2 rings (SSSR count). The number of halogens is 1. The minimum absolute atomic E-state index is 0.0316. The monoisotopic (exact) mass is 354 g/mol. The molecule has 0 aliphatic rings. The van der Waals surface area contributed by atoms with Crippen LogP contribution in [0, 0.1) is 0 Å². The number of sulfonamides is 1. The zero-order valence-corrected chi connectivity index (χ0v) is 13.7. The van der Waals surface area contributed by atoms with Gasteiger partial charge in [-0.2, -0.15) is 0 Å². The summed E-state index contributed by atoms with van der Waals surface area (Å²) in [4.78, 5) is 12.0. The molecule has 0 spiro atoms. The maximum atomic E-state index is 12.1. The van der Waals surface area contributed by atoms with Crippen LogP contribution in [0.3, 0.4) is 0 Å². The number of furan rings is 1. The Morgan fingerprint density at radius 3 is 2.78 bits per heavy atom. The van der Waals surface area contributed by atoms with Crippen LogP contribution in [0.2, 0.25) is 5.02 Å². The van der Waals surface area contributed by atoms with E-state index >= 15 is 0 Å². The van der Waals surface area contributed by atoms with Gasteiger partial charge in [0.2, 0.25) is 10.0 Å². The Morgan fingerprint density at radius 1 is 1.35 bits per heavy atom. The van der Waals surface area contributed by atoms with Crippen LogP contribution in [0.5, 0.6) is 0 Å². The van der Waals surface area contributed by atoms with Gasteiger partial charge in [0, 0.05) is 12.1 Å².